The predicted molar refractivity (Wildman–Crippen MR) is 113 cm³/mol. The largest absolute Gasteiger partial charge is 0.352 e. The fraction of sp³-hybridized carbons (Fsp3) is 0.182. The number of hydrogen-bond acceptors (Lipinski definition) is 5. The van der Waals surface area contributed by atoms with Crippen LogP contribution in [-0.4, -0.2) is 19.7 Å². The van der Waals surface area contributed by atoms with Gasteiger partial charge in [0.15, 0.2) is 0 Å². The molecule has 4 rings (SSSR count). The summed E-state index contributed by atoms with van der Waals surface area (Å²) in [7, 11) is 0. The zero-order valence-corrected chi connectivity index (χ0v) is 16.2. The number of fused-ring (bicyclic) bond motifs is 1. The molecule has 0 saturated carbocycles. The van der Waals surface area contributed by atoms with Gasteiger partial charge < -0.3 is 5.32 Å². The molecule has 0 aliphatic rings. The van der Waals surface area contributed by atoms with E-state index < -0.39 is 6.04 Å². The molecule has 2 heterocycles. The van der Waals surface area contributed by atoms with Gasteiger partial charge in [-0.2, -0.15) is 5.10 Å². The van der Waals surface area contributed by atoms with Gasteiger partial charge in [-0.05, 0) is 31.0 Å². The maximum atomic E-state index is 12.8. The molecule has 0 saturated heterocycles. The first kappa shape index (κ1) is 18.6. The molecule has 0 fully saturated rings. The molecule has 0 bridgehead atoms. The lowest BCUT2D eigenvalue weighted by atomic mass is 10.1. The van der Waals surface area contributed by atoms with Crippen molar-refractivity contribution in [2.45, 2.75) is 26.4 Å². The number of rotatable bonds is 5. The van der Waals surface area contributed by atoms with Crippen LogP contribution < -0.4 is 16.4 Å². The molecule has 0 unspecified atom stereocenters. The number of nitrogens with zero attached hydrogens (tertiary/aromatic N) is 3. The molecular weight excluding hydrogens is 366 g/mol. The van der Waals surface area contributed by atoms with Crippen molar-refractivity contribution in [2.24, 2.45) is 0 Å². The number of benzene rings is 2. The van der Waals surface area contributed by atoms with Crippen molar-refractivity contribution in [2.75, 3.05) is 5.32 Å². The van der Waals surface area contributed by atoms with Gasteiger partial charge >= 0.3 is 0 Å². The average molecular weight is 387 g/mol. The second-order valence-corrected chi connectivity index (χ2v) is 6.96. The van der Waals surface area contributed by atoms with E-state index in [0.717, 1.165) is 16.5 Å². The topological polar surface area (TPSA) is 92.7 Å². The fourth-order valence-electron chi connectivity index (χ4n) is 3.27. The Hall–Kier alpha value is -3.74. The van der Waals surface area contributed by atoms with Crippen LogP contribution in [0, 0.1) is 6.92 Å². The minimum atomic E-state index is -0.492. The van der Waals surface area contributed by atoms with Crippen LogP contribution in [0.1, 0.15) is 29.8 Å². The Morgan fingerprint density at radius 3 is 2.69 bits per heavy atom. The maximum absolute atomic E-state index is 12.8. The molecule has 4 aromatic rings. The molecule has 2 N–H and O–H groups in total. The van der Waals surface area contributed by atoms with Crippen LogP contribution in [0.4, 0.5) is 5.95 Å². The molecule has 29 heavy (non-hydrogen) atoms. The third-order valence-corrected chi connectivity index (χ3v) is 4.98. The van der Waals surface area contributed by atoms with E-state index in [0.29, 0.717) is 23.6 Å². The van der Waals surface area contributed by atoms with Gasteiger partial charge in [0.1, 0.15) is 0 Å². The summed E-state index contributed by atoms with van der Waals surface area (Å²) in [5.41, 5.74) is 2.22. The summed E-state index contributed by atoms with van der Waals surface area (Å²) in [5, 5.41) is 8.80. The first-order valence-corrected chi connectivity index (χ1v) is 9.39. The van der Waals surface area contributed by atoms with E-state index in [1.807, 2.05) is 49.4 Å². The summed E-state index contributed by atoms with van der Waals surface area (Å²) in [6, 6.07) is 16.2. The summed E-state index contributed by atoms with van der Waals surface area (Å²) >= 11 is 0. The maximum Gasteiger partial charge on any atom is 0.275 e. The lowest BCUT2D eigenvalue weighted by molar-refractivity contribution is 0.524. The van der Waals surface area contributed by atoms with Crippen molar-refractivity contribution in [3.63, 3.8) is 0 Å². The molecule has 1 atom stereocenters. The lowest BCUT2D eigenvalue weighted by Crippen LogP contribution is -2.28. The predicted octanol–water partition coefficient (Wildman–Crippen LogP) is 3.01. The smallest absolute Gasteiger partial charge is 0.275 e. The summed E-state index contributed by atoms with van der Waals surface area (Å²) in [5.74, 6) is 0.358. The van der Waals surface area contributed by atoms with Crippen molar-refractivity contribution in [3.8, 4) is 0 Å². The molecule has 7 nitrogen and oxygen atoms in total. The first-order chi connectivity index (χ1) is 14.0. The number of nitrogens with one attached hydrogen (secondary N) is 2. The Balaban J connectivity index is 1.65. The second kappa shape index (κ2) is 7.71. The quantitative estimate of drug-likeness (QED) is 0.549. The molecule has 0 spiro atoms. The molecular formula is C22H21N5O2. The van der Waals surface area contributed by atoms with Gasteiger partial charge in [0.05, 0.1) is 23.3 Å². The Labute approximate surface area is 167 Å². The summed E-state index contributed by atoms with van der Waals surface area (Å²) in [6.45, 7) is 4.36. The number of aryl methyl sites for hydroxylation is 1. The van der Waals surface area contributed by atoms with Gasteiger partial charge in [0.25, 0.3) is 11.1 Å². The summed E-state index contributed by atoms with van der Waals surface area (Å²) < 4.78 is 1.36. The highest BCUT2D eigenvalue weighted by Gasteiger charge is 2.16. The Bertz CT molecular complexity index is 1290. The number of H-pyrrole nitrogens is 1. The second-order valence-electron chi connectivity index (χ2n) is 6.96. The van der Waals surface area contributed by atoms with Gasteiger partial charge in [0.2, 0.25) is 5.95 Å². The van der Waals surface area contributed by atoms with E-state index in [4.69, 9.17) is 0 Å². The normalized spacial score (nSPS) is 12.1. The number of hydrogen-bond donors (Lipinski definition) is 2. The van der Waals surface area contributed by atoms with Gasteiger partial charge in [-0.1, -0.05) is 42.5 Å². The molecule has 0 aliphatic heterocycles. The van der Waals surface area contributed by atoms with Crippen LogP contribution in [0.25, 0.3) is 10.8 Å². The fourth-order valence-corrected chi connectivity index (χ4v) is 3.27. The van der Waals surface area contributed by atoms with Crippen molar-refractivity contribution >= 4 is 16.7 Å². The zero-order chi connectivity index (χ0) is 20.4. The van der Waals surface area contributed by atoms with Gasteiger partial charge in [-0.15, -0.1) is 0 Å². The average Bonchev–Trinajstić information content (AvgIpc) is 2.73. The van der Waals surface area contributed by atoms with Crippen molar-refractivity contribution in [3.05, 3.63) is 98.3 Å². The Morgan fingerprint density at radius 1 is 1.10 bits per heavy atom. The molecule has 0 radical (unpaired) electrons. The number of aromatic nitrogens is 4. The highest BCUT2D eigenvalue weighted by molar-refractivity contribution is 5.80. The van der Waals surface area contributed by atoms with E-state index in [2.05, 4.69) is 20.4 Å². The highest BCUT2D eigenvalue weighted by Crippen LogP contribution is 2.15. The van der Waals surface area contributed by atoms with Gasteiger partial charge in [-0.25, -0.2) is 9.67 Å². The molecule has 7 heteroatoms. The molecule has 146 valence electrons. The zero-order valence-electron chi connectivity index (χ0n) is 16.2. The standard InChI is InChI=1S/C22H21N5O2/c1-14-7-3-4-8-16(14)12-23-22-25-19(11-20(28)26-22)15(2)27-21(29)18-10-6-5-9-17(18)13-24-27/h3-11,13,15H,12H2,1-2H3,(H2,23,25,26,28)/t15-/m1/s1. The highest BCUT2D eigenvalue weighted by atomic mass is 16.1. The van der Waals surface area contributed by atoms with Gasteiger partial charge in [-0.3, -0.25) is 14.6 Å². The first-order valence-electron chi connectivity index (χ1n) is 9.39. The van der Waals surface area contributed by atoms with E-state index in [1.165, 1.54) is 10.7 Å². The third-order valence-electron chi connectivity index (χ3n) is 4.98. The van der Waals surface area contributed by atoms with E-state index in [9.17, 15) is 9.59 Å². The van der Waals surface area contributed by atoms with E-state index in [-0.39, 0.29) is 11.1 Å². The van der Waals surface area contributed by atoms with E-state index >= 15 is 0 Å². The van der Waals surface area contributed by atoms with Crippen molar-refractivity contribution in [1.82, 2.24) is 19.7 Å². The van der Waals surface area contributed by atoms with Crippen LogP contribution in [0.5, 0.6) is 0 Å². The van der Waals surface area contributed by atoms with Gasteiger partial charge in [0, 0.05) is 18.0 Å². The number of aromatic amines is 1. The minimum Gasteiger partial charge on any atom is -0.352 e. The van der Waals surface area contributed by atoms with Crippen LogP contribution in [0.3, 0.4) is 0 Å². The van der Waals surface area contributed by atoms with Crippen LogP contribution >= 0.6 is 0 Å². The molecule has 2 aromatic carbocycles. The van der Waals surface area contributed by atoms with Crippen LogP contribution in [-0.2, 0) is 6.54 Å². The summed E-state index contributed by atoms with van der Waals surface area (Å²) in [6.07, 6.45) is 1.65. The minimum absolute atomic E-state index is 0.216. The molecule has 0 aliphatic carbocycles. The van der Waals surface area contributed by atoms with E-state index in [1.54, 1.807) is 19.2 Å². The summed E-state index contributed by atoms with van der Waals surface area (Å²) in [4.78, 5) is 32.2. The monoisotopic (exact) mass is 387 g/mol. The number of anilines is 1. The van der Waals surface area contributed by atoms with Crippen molar-refractivity contribution in [1.29, 1.82) is 0 Å². The van der Waals surface area contributed by atoms with Crippen LogP contribution in [0.2, 0.25) is 0 Å². The Kier molecular flexibility index (Phi) is 4.95. The lowest BCUT2D eigenvalue weighted by Gasteiger charge is -2.15. The SMILES string of the molecule is Cc1ccccc1CNc1nc([C@@H](C)n2ncc3ccccc3c2=O)cc(=O)[nH]1. The van der Waals surface area contributed by atoms with Crippen molar-refractivity contribution < 1.29 is 0 Å². The molecule has 0 amide bonds. The van der Waals surface area contributed by atoms with Crippen LogP contribution in [0.15, 0.2) is 70.4 Å². The third kappa shape index (κ3) is 3.80. The Morgan fingerprint density at radius 2 is 1.86 bits per heavy atom. The molecule has 2 aromatic heterocycles.